The topological polar surface area (TPSA) is 35.5 Å². The first-order valence-corrected chi connectivity index (χ1v) is 9.89. The largest absolute Gasteiger partial charge is 0.457 e. The van der Waals surface area contributed by atoms with Crippen LogP contribution < -0.4 is 4.74 Å². The lowest BCUT2D eigenvalue weighted by molar-refractivity contribution is 0.0469. The second kappa shape index (κ2) is 9.57. The third-order valence-electron chi connectivity index (χ3n) is 4.73. The minimum absolute atomic E-state index is 0.216. The van der Waals surface area contributed by atoms with Crippen LogP contribution in [-0.2, 0) is 17.8 Å². The first-order chi connectivity index (χ1) is 14.8. The molecular weight excluding hydrogens is 372 g/mol. The zero-order valence-corrected chi connectivity index (χ0v) is 16.5. The first kappa shape index (κ1) is 19.5. The second-order valence-electron chi connectivity index (χ2n) is 6.93. The molecule has 0 bridgehead atoms. The molecule has 3 heteroatoms. The van der Waals surface area contributed by atoms with E-state index in [2.05, 4.69) is 12.1 Å². The number of carbonyl (C=O) groups excluding carboxylic acids is 1. The van der Waals surface area contributed by atoms with Gasteiger partial charge in [-0.25, -0.2) is 4.79 Å². The molecule has 0 saturated carbocycles. The van der Waals surface area contributed by atoms with E-state index in [9.17, 15) is 4.79 Å². The average Bonchev–Trinajstić information content (AvgIpc) is 2.81. The molecule has 0 aliphatic rings. The van der Waals surface area contributed by atoms with Gasteiger partial charge in [-0.15, -0.1) is 0 Å². The summed E-state index contributed by atoms with van der Waals surface area (Å²) >= 11 is 0. The van der Waals surface area contributed by atoms with Gasteiger partial charge in [0.1, 0.15) is 23.7 Å². The Hall–Kier alpha value is -3.85. The predicted molar refractivity (Wildman–Crippen MR) is 118 cm³/mol. The lowest BCUT2D eigenvalue weighted by atomic mass is 10.0. The summed E-state index contributed by atoms with van der Waals surface area (Å²) < 4.78 is 11.8. The molecule has 0 N–H and O–H groups in total. The highest BCUT2D eigenvalue weighted by molar-refractivity contribution is 5.93. The van der Waals surface area contributed by atoms with Gasteiger partial charge in [0.25, 0.3) is 0 Å². The maximum atomic E-state index is 12.9. The molecular formula is C27H22O3. The fourth-order valence-electron chi connectivity index (χ4n) is 3.23. The van der Waals surface area contributed by atoms with Gasteiger partial charge < -0.3 is 9.47 Å². The summed E-state index contributed by atoms with van der Waals surface area (Å²) in [6, 6.07) is 34.9. The standard InChI is InChI=1S/C27H22O3/c28-27(29-20-22-13-6-2-7-14-22)25-18-10-15-23(19-21-11-4-1-5-12-21)26(25)30-24-16-8-3-9-17-24/h1-18H,19-20H2. The van der Waals surface area contributed by atoms with E-state index in [1.54, 1.807) is 6.07 Å². The molecule has 30 heavy (non-hydrogen) atoms. The van der Waals surface area contributed by atoms with E-state index >= 15 is 0 Å². The van der Waals surface area contributed by atoms with E-state index in [1.807, 2.05) is 91.0 Å². The molecule has 0 amide bonds. The fourth-order valence-corrected chi connectivity index (χ4v) is 3.23. The van der Waals surface area contributed by atoms with Crippen molar-refractivity contribution in [3.05, 3.63) is 131 Å². The van der Waals surface area contributed by atoms with Crippen molar-refractivity contribution in [1.82, 2.24) is 0 Å². The van der Waals surface area contributed by atoms with Crippen molar-refractivity contribution in [1.29, 1.82) is 0 Å². The van der Waals surface area contributed by atoms with E-state index in [0.717, 1.165) is 16.7 Å². The van der Waals surface area contributed by atoms with Gasteiger partial charge in [-0.3, -0.25) is 0 Å². The van der Waals surface area contributed by atoms with Crippen LogP contribution >= 0.6 is 0 Å². The third kappa shape index (κ3) is 4.95. The summed E-state index contributed by atoms with van der Waals surface area (Å²) in [6.45, 7) is 0.216. The molecule has 0 heterocycles. The van der Waals surface area contributed by atoms with Crippen LogP contribution in [0.15, 0.2) is 109 Å². The summed E-state index contributed by atoms with van der Waals surface area (Å²) in [5.41, 5.74) is 3.43. The molecule has 4 aromatic carbocycles. The maximum Gasteiger partial charge on any atom is 0.342 e. The lowest BCUT2D eigenvalue weighted by Gasteiger charge is -2.16. The molecule has 0 radical (unpaired) electrons. The fraction of sp³-hybridized carbons (Fsp3) is 0.0741. The summed E-state index contributed by atoms with van der Waals surface area (Å²) in [7, 11) is 0. The minimum Gasteiger partial charge on any atom is -0.457 e. The highest BCUT2D eigenvalue weighted by Gasteiger charge is 2.19. The van der Waals surface area contributed by atoms with Crippen LogP contribution in [-0.4, -0.2) is 5.97 Å². The Bertz CT molecular complexity index is 1090. The van der Waals surface area contributed by atoms with Crippen molar-refractivity contribution in [3.8, 4) is 11.5 Å². The van der Waals surface area contributed by atoms with Crippen molar-refractivity contribution < 1.29 is 14.3 Å². The number of para-hydroxylation sites is 2. The maximum absolute atomic E-state index is 12.9. The van der Waals surface area contributed by atoms with Gasteiger partial charge in [-0.05, 0) is 29.3 Å². The monoisotopic (exact) mass is 394 g/mol. The van der Waals surface area contributed by atoms with Crippen molar-refractivity contribution >= 4 is 5.97 Å². The van der Waals surface area contributed by atoms with Crippen LogP contribution in [0.25, 0.3) is 0 Å². The van der Waals surface area contributed by atoms with Gasteiger partial charge in [-0.1, -0.05) is 91.0 Å². The molecule has 0 atom stereocenters. The zero-order chi connectivity index (χ0) is 20.6. The molecule has 0 aliphatic heterocycles. The summed E-state index contributed by atoms with van der Waals surface area (Å²) in [6.07, 6.45) is 0.656. The van der Waals surface area contributed by atoms with E-state index in [4.69, 9.17) is 9.47 Å². The van der Waals surface area contributed by atoms with E-state index < -0.39 is 5.97 Å². The van der Waals surface area contributed by atoms with E-state index in [0.29, 0.717) is 23.5 Å². The molecule has 4 rings (SSSR count). The van der Waals surface area contributed by atoms with Gasteiger partial charge >= 0.3 is 5.97 Å². The highest BCUT2D eigenvalue weighted by atomic mass is 16.5. The quantitative estimate of drug-likeness (QED) is 0.339. The smallest absolute Gasteiger partial charge is 0.342 e. The Kier molecular flexibility index (Phi) is 6.21. The number of benzene rings is 4. The first-order valence-electron chi connectivity index (χ1n) is 9.89. The van der Waals surface area contributed by atoms with Crippen LogP contribution in [0.2, 0.25) is 0 Å². The lowest BCUT2D eigenvalue weighted by Crippen LogP contribution is -2.09. The van der Waals surface area contributed by atoms with Crippen molar-refractivity contribution in [2.24, 2.45) is 0 Å². The Balaban J connectivity index is 1.64. The second-order valence-corrected chi connectivity index (χ2v) is 6.93. The number of carbonyl (C=O) groups is 1. The predicted octanol–water partition coefficient (Wildman–Crippen LogP) is 6.43. The summed E-state index contributed by atoms with van der Waals surface area (Å²) in [5.74, 6) is 0.806. The molecule has 4 aromatic rings. The van der Waals surface area contributed by atoms with Gasteiger partial charge in [0.15, 0.2) is 0 Å². The molecule has 0 saturated heterocycles. The van der Waals surface area contributed by atoms with Crippen molar-refractivity contribution in [2.45, 2.75) is 13.0 Å². The summed E-state index contributed by atoms with van der Waals surface area (Å²) in [4.78, 5) is 12.9. The molecule has 0 aliphatic carbocycles. The SMILES string of the molecule is O=C(OCc1ccccc1)c1cccc(Cc2ccccc2)c1Oc1ccccc1. The van der Waals surface area contributed by atoms with E-state index in [1.165, 1.54) is 0 Å². The molecule has 0 spiro atoms. The number of ether oxygens (including phenoxy) is 2. The van der Waals surface area contributed by atoms with Crippen LogP contribution in [0, 0.1) is 0 Å². The molecule has 3 nitrogen and oxygen atoms in total. The number of rotatable bonds is 7. The van der Waals surface area contributed by atoms with Crippen LogP contribution in [0.3, 0.4) is 0 Å². The van der Waals surface area contributed by atoms with Crippen molar-refractivity contribution in [3.63, 3.8) is 0 Å². The molecule has 0 aromatic heterocycles. The van der Waals surface area contributed by atoms with Gasteiger partial charge in [0.05, 0.1) is 0 Å². The number of esters is 1. The van der Waals surface area contributed by atoms with Crippen LogP contribution in [0.1, 0.15) is 27.0 Å². The molecule has 148 valence electrons. The van der Waals surface area contributed by atoms with Gasteiger partial charge in [0.2, 0.25) is 0 Å². The van der Waals surface area contributed by atoms with Gasteiger partial charge in [-0.2, -0.15) is 0 Å². The molecule has 0 unspecified atom stereocenters. The summed E-state index contributed by atoms with van der Waals surface area (Å²) in [5, 5.41) is 0. The number of hydrogen-bond donors (Lipinski definition) is 0. The van der Waals surface area contributed by atoms with Crippen molar-refractivity contribution in [2.75, 3.05) is 0 Å². The average molecular weight is 394 g/mol. The van der Waals surface area contributed by atoms with Gasteiger partial charge in [0, 0.05) is 12.0 Å². The highest BCUT2D eigenvalue weighted by Crippen LogP contribution is 2.32. The normalized spacial score (nSPS) is 10.4. The Morgan fingerprint density at radius 1 is 0.633 bits per heavy atom. The number of hydrogen-bond acceptors (Lipinski definition) is 3. The Morgan fingerprint density at radius 3 is 1.90 bits per heavy atom. The van der Waals surface area contributed by atoms with Crippen LogP contribution in [0.5, 0.6) is 11.5 Å². The van der Waals surface area contributed by atoms with E-state index in [-0.39, 0.29) is 6.61 Å². The Labute approximate surface area is 176 Å². The molecule has 0 fully saturated rings. The zero-order valence-electron chi connectivity index (χ0n) is 16.5. The third-order valence-corrected chi connectivity index (χ3v) is 4.73. The van der Waals surface area contributed by atoms with Crippen LogP contribution in [0.4, 0.5) is 0 Å². The Morgan fingerprint density at radius 2 is 1.23 bits per heavy atom. The minimum atomic E-state index is -0.403.